The Balaban J connectivity index is 1.56. The van der Waals surface area contributed by atoms with Crippen LogP contribution in [0.4, 0.5) is 0 Å². The third kappa shape index (κ3) is 4.65. The van der Waals surface area contributed by atoms with Crippen molar-refractivity contribution >= 4 is 23.1 Å². The topological polar surface area (TPSA) is 62.1 Å². The lowest BCUT2D eigenvalue weighted by molar-refractivity contribution is 0.355. The van der Waals surface area contributed by atoms with E-state index < -0.39 is 0 Å². The summed E-state index contributed by atoms with van der Waals surface area (Å²) in [6, 6.07) is 15.9. The number of thiazole rings is 1. The lowest BCUT2D eigenvalue weighted by Gasteiger charge is -2.11. The van der Waals surface area contributed by atoms with Crippen LogP contribution in [0.3, 0.4) is 0 Å². The standard InChI is InChI=1S/C23H22N4O2S2/c1-4-12-27-21(17-10-11-19(28-2)20(13-17)29-3)25-26-23(27)31-15-18-14-30-22(24-18)16-8-6-5-7-9-16/h4-11,13-14H,1,12,15H2,2-3H3. The smallest absolute Gasteiger partial charge is 0.192 e. The van der Waals surface area contributed by atoms with Gasteiger partial charge in [-0.15, -0.1) is 28.1 Å². The zero-order chi connectivity index (χ0) is 21.6. The number of ether oxygens (including phenoxy) is 2. The van der Waals surface area contributed by atoms with Crippen molar-refractivity contribution in [1.29, 1.82) is 0 Å². The second-order valence-corrected chi connectivity index (χ2v) is 8.37. The summed E-state index contributed by atoms with van der Waals surface area (Å²) < 4.78 is 12.8. The molecule has 0 amide bonds. The summed E-state index contributed by atoms with van der Waals surface area (Å²) in [5.41, 5.74) is 3.06. The molecular weight excluding hydrogens is 428 g/mol. The van der Waals surface area contributed by atoms with Gasteiger partial charge in [-0.2, -0.15) is 0 Å². The molecule has 0 saturated heterocycles. The monoisotopic (exact) mass is 450 g/mol. The summed E-state index contributed by atoms with van der Waals surface area (Å²) in [4.78, 5) is 4.77. The number of hydrogen-bond acceptors (Lipinski definition) is 7. The molecule has 8 heteroatoms. The van der Waals surface area contributed by atoms with Crippen LogP contribution in [0.2, 0.25) is 0 Å². The summed E-state index contributed by atoms with van der Waals surface area (Å²) in [5, 5.41) is 12.8. The molecule has 4 aromatic rings. The van der Waals surface area contributed by atoms with E-state index >= 15 is 0 Å². The molecule has 0 saturated carbocycles. The Hall–Kier alpha value is -3.10. The Labute approximate surface area is 189 Å². The average molecular weight is 451 g/mol. The molecule has 31 heavy (non-hydrogen) atoms. The predicted molar refractivity (Wildman–Crippen MR) is 126 cm³/mol. The number of nitrogens with zero attached hydrogens (tertiary/aromatic N) is 4. The predicted octanol–water partition coefficient (Wildman–Crippen LogP) is 5.56. The Morgan fingerprint density at radius 1 is 1.03 bits per heavy atom. The Bertz CT molecular complexity index is 1170. The van der Waals surface area contributed by atoms with Gasteiger partial charge in [0, 0.05) is 28.8 Å². The first-order valence-electron chi connectivity index (χ1n) is 9.62. The zero-order valence-corrected chi connectivity index (χ0v) is 18.9. The molecule has 158 valence electrons. The summed E-state index contributed by atoms with van der Waals surface area (Å²) in [6.45, 7) is 4.49. The van der Waals surface area contributed by atoms with Crippen molar-refractivity contribution in [2.75, 3.05) is 14.2 Å². The molecule has 0 aliphatic heterocycles. The Morgan fingerprint density at radius 3 is 2.58 bits per heavy atom. The second-order valence-electron chi connectivity index (χ2n) is 6.57. The van der Waals surface area contributed by atoms with Crippen molar-refractivity contribution in [3.63, 3.8) is 0 Å². The van der Waals surface area contributed by atoms with Gasteiger partial charge in [0.1, 0.15) is 5.01 Å². The van der Waals surface area contributed by atoms with E-state index in [4.69, 9.17) is 14.5 Å². The second kappa shape index (κ2) is 9.80. The third-order valence-corrected chi connectivity index (χ3v) is 6.53. The van der Waals surface area contributed by atoms with Crippen LogP contribution in [0, 0.1) is 0 Å². The van der Waals surface area contributed by atoms with E-state index in [-0.39, 0.29) is 0 Å². The van der Waals surface area contributed by atoms with Gasteiger partial charge in [0.2, 0.25) is 0 Å². The van der Waals surface area contributed by atoms with Crippen LogP contribution in [0.25, 0.3) is 22.0 Å². The minimum Gasteiger partial charge on any atom is -0.493 e. The molecule has 2 heterocycles. The van der Waals surface area contributed by atoms with E-state index in [1.54, 1.807) is 37.3 Å². The fourth-order valence-corrected chi connectivity index (χ4v) is 4.87. The minimum absolute atomic E-state index is 0.603. The molecule has 0 N–H and O–H groups in total. The highest BCUT2D eigenvalue weighted by Crippen LogP contribution is 2.34. The number of thioether (sulfide) groups is 1. The first-order chi connectivity index (χ1) is 15.2. The molecule has 0 radical (unpaired) electrons. The number of benzene rings is 2. The van der Waals surface area contributed by atoms with E-state index in [9.17, 15) is 0 Å². The van der Waals surface area contributed by atoms with E-state index in [2.05, 4.69) is 34.3 Å². The zero-order valence-electron chi connectivity index (χ0n) is 17.3. The normalized spacial score (nSPS) is 10.8. The van der Waals surface area contributed by atoms with Crippen molar-refractivity contribution in [3.8, 4) is 33.5 Å². The Kier molecular flexibility index (Phi) is 6.69. The molecule has 0 aliphatic carbocycles. The summed E-state index contributed by atoms with van der Waals surface area (Å²) in [7, 11) is 3.24. The van der Waals surface area contributed by atoms with Gasteiger partial charge in [-0.3, -0.25) is 4.57 Å². The maximum atomic E-state index is 5.43. The van der Waals surface area contributed by atoms with Gasteiger partial charge in [-0.25, -0.2) is 4.98 Å². The van der Waals surface area contributed by atoms with Gasteiger partial charge in [-0.1, -0.05) is 48.2 Å². The number of rotatable bonds is 9. The van der Waals surface area contributed by atoms with Gasteiger partial charge in [0.25, 0.3) is 0 Å². The van der Waals surface area contributed by atoms with Crippen molar-refractivity contribution in [2.24, 2.45) is 0 Å². The molecule has 0 unspecified atom stereocenters. The molecular formula is C23H22N4O2S2. The first-order valence-corrected chi connectivity index (χ1v) is 11.5. The quantitative estimate of drug-likeness (QED) is 0.246. The van der Waals surface area contributed by atoms with Crippen LogP contribution >= 0.6 is 23.1 Å². The van der Waals surface area contributed by atoms with Crippen molar-refractivity contribution < 1.29 is 9.47 Å². The fourth-order valence-electron chi connectivity index (χ4n) is 3.10. The molecule has 6 nitrogen and oxygen atoms in total. The molecule has 4 rings (SSSR count). The largest absolute Gasteiger partial charge is 0.493 e. The van der Waals surface area contributed by atoms with Crippen molar-refractivity contribution in [2.45, 2.75) is 17.5 Å². The summed E-state index contributed by atoms with van der Waals surface area (Å²) in [6.07, 6.45) is 1.84. The highest BCUT2D eigenvalue weighted by Gasteiger charge is 2.16. The molecule has 0 fully saturated rings. The van der Waals surface area contributed by atoms with Gasteiger partial charge in [0.05, 0.1) is 19.9 Å². The summed E-state index contributed by atoms with van der Waals surface area (Å²) >= 11 is 3.26. The SMILES string of the molecule is C=CCn1c(SCc2csc(-c3ccccc3)n2)nnc1-c1ccc(OC)c(OC)c1. The van der Waals surface area contributed by atoms with Crippen molar-refractivity contribution in [1.82, 2.24) is 19.7 Å². The number of hydrogen-bond donors (Lipinski definition) is 0. The van der Waals surface area contributed by atoms with Gasteiger partial charge >= 0.3 is 0 Å². The molecule has 2 aromatic carbocycles. The fraction of sp³-hybridized carbons (Fsp3) is 0.174. The van der Waals surface area contributed by atoms with E-state index in [0.717, 1.165) is 32.8 Å². The lowest BCUT2D eigenvalue weighted by Crippen LogP contribution is -2.01. The average Bonchev–Trinajstić information content (AvgIpc) is 3.45. The molecule has 0 bridgehead atoms. The van der Waals surface area contributed by atoms with Crippen molar-refractivity contribution in [3.05, 3.63) is 72.3 Å². The van der Waals surface area contributed by atoms with E-state index in [1.807, 2.05) is 47.0 Å². The van der Waals surface area contributed by atoms with E-state index in [0.29, 0.717) is 23.8 Å². The Morgan fingerprint density at radius 2 is 1.84 bits per heavy atom. The summed E-state index contributed by atoms with van der Waals surface area (Å²) in [5.74, 6) is 2.79. The van der Waals surface area contributed by atoms with Crippen LogP contribution in [0.1, 0.15) is 5.69 Å². The molecule has 0 aliphatic rings. The van der Waals surface area contributed by atoms with Gasteiger partial charge in [-0.05, 0) is 18.2 Å². The lowest BCUT2D eigenvalue weighted by atomic mass is 10.2. The van der Waals surface area contributed by atoms with Crippen LogP contribution in [-0.4, -0.2) is 34.0 Å². The van der Waals surface area contributed by atoms with E-state index in [1.165, 1.54) is 0 Å². The number of allylic oxidation sites excluding steroid dienone is 1. The molecule has 0 spiro atoms. The number of aromatic nitrogens is 4. The van der Waals surface area contributed by atoms with Crippen LogP contribution in [0.15, 0.2) is 71.7 Å². The highest BCUT2D eigenvalue weighted by atomic mass is 32.2. The molecule has 2 aromatic heterocycles. The molecule has 0 atom stereocenters. The van der Waals surface area contributed by atoms with Crippen LogP contribution in [0.5, 0.6) is 11.5 Å². The maximum Gasteiger partial charge on any atom is 0.192 e. The third-order valence-electron chi connectivity index (χ3n) is 4.59. The minimum atomic E-state index is 0.603. The number of methoxy groups -OCH3 is 2. The van der Waals surface area contributed by atoms with Crippen LogP contribution < -0.4 is 9.47 Å². The maximum absolute atomic E-state index is 5.43. The van der Waals surface area contributed by atoms with Gasteiger partial charge < -0.3 is 9.47 Å². The highest BCUT2D eigenvalue weighted by molar-refractivity contribution is 7.98. The van der Waals surface area contributed by atoms with Crippen LogP contribution in [-0.2, 0) is 12.3 Å². The first kappa shape index (κ1) is 21.1. The van der Waals surface area contributed by atoms with Gasteiger partial charge in [0.15, 0.2) is 22.5 Å².